The molecule has 7 heteroatoms. The number of likely N-dealkylation sites (tertiary alicyclic amines) is 1. The molecule has 0 bridgehead atoms. The summed E-state index contributed by atoms with van der Waals surface area (Å²) in [7, 11) is 0. The Hall–Kier alpha value is -2.41. The first kappa shape index (κ1) is 19.4. The number of benzene rings is 1. The molecule has 0 saturated carbocycles. The standard InChI is InChI=1S/C20H27N3O4/c1-2-3-4-8-15(13-22(26)14-24)20(25)23-12-7-10-17(23)19-21-16-9-5-6-11-18(16)27-19/h5-6,9,11,14-15,17,26H,2-4,7-8,10,12-13H2,1H3. The Labute approximate surface area is 158 Å². The molecule has 0 aliphatic carbocycles. The maximum Gasteiger partial charge on any atom is 0.233 e. The molecule has 1 aliphatic rings. The maximum absolute atomic E-state index is 13.2. The zero-order chi connectivity index (χ0) is 19.2. The van der Waals surface area contributed by atoms with Gasteiger partial charge in [0.05, 0.1) is 12.5 Å². The van der Waals surface area contributed by atoms with Gasteiger partial charge < -0.3 is 9.32 Å². The van der Waals surface area contributed by atoms with Crippen LogP contribution in [0.1, 0.15) is 57.4 Å². The number of rotatable bonds is 9. The lowest BCUT2D eigenvalue weighted by Crippen LogP contribution is -2.40. The highest BCUT2D eigenvalue weighted by Gasteiger charge is 2.37. The van der Waals surface area contributed by atoms with Crippen molar-refractivity contribution >= 4 is 23.4 Å². The van der Waals surface area contributed by atoms with Crippen molar-refractivity contribution in [2.24, 2.45) is 5.92 Å². The number of amides is 2. The monoisotopic (exact) mass is 373 g/mol. The van der Waals surface area contributed by atoms with Crippen molar-refractivity contribution in [2.45, 2.75) is 51.5 Å². The van der Waals surface area contributed by atoms with Gasteiger partial charge in [0.2, 0.25) is 18.2 Å². The summed E-state index contributed by atoms with van der Waals surface area (Å²) in [5.74, 6) is 0.0964. The SMILES string of the molecule is CCCCCC(CN(O)C=O)C(=O)N1CCCC1c1nc2ccccc2o1. The Bertz CT molecular complexity index is 742. The molecule has 7 nitrogen and oxygen atoms in total. The Morgan fingerprint density at radius 2 is 2.26 bits per heavy atom. The fourth-order valence-corrected chi connectivity index (χ4v) is 3.76. The molecule has 1 aromatic carbocycles. The highest BCUT2D eigenvalue weighted by Crippen LogP contribution is 2.34. The summed E-state index contributed by atoms with van der Waals surface area (Å²) >= 11 is 0. The first-order valence-electron chi connectivity index (χ1n) is 9.70. The van der Waals surface area contributed by atoms with Crippen LogP contribution < -0.4 is 0 Å². The smallest absolute Gasteiger partial charge is 0.233 e. The minimum atomic E-state index is -0.420. The van der Waals surface area contributed by atoms with Crippen molar-refractivity contribution in [3.05, 3.63) is 30.2 Å². The van der Waals surface area contributed by atoms with Crippen LogP contribution in [0.5, 0.6) is 0 Å². The number of carbonyl (C=O) groups is 2. The molecule has 2 aromatic rings. The van der Waals surface area contributed by atoms with Gasteiger partial charge in [0.1, 0.15) is 11.6 Å². The van der Waals surface area contributed by atoms with Crippen molar-refractivity contribution in [3.63, 3.8) is 0 Å². The summed E-state index contributed by atoms with van der Waals surface area (Å²) < 4.78 is 5.89. The van der Waals surface area contributed by atoms with Gasteiger partial charge in [-0.2, -0.15) is 0 Å². The van der Waals surface area contributed by atoms with Gasteiger partial charge in [-0.15, -0.1) is 0 Å². The van der Waals surface area contributed by atoms with Crippen molar-refractivity contribution in [1.82, 2.24) is 14.9 Å². The lowest BCUT2D eigenvalue weighted by molar-refractivity contribution is -0.157. The van der Waals surface area contributed by atoms with E-state index in [0.29, 0.717) is 35.9 Å². The molecule has 1 aliphatic heterocycles. The van der Waals surface area contributed by atoms with Crippen molar-refractivity contribution in [1.29, 1.82) is 0 Å². The van der Waals surface area contributed by atoms with Crippen LogP contribution >= 0.6 is 0 Å². The average molecular weight is 373 g/mol. The highest BCUT2D eigenvalue weighted by atomic mass is 16.5. The van der Waals surface area contributed by atoms with Gasteiger partial charge in [-0.25, -0.2) is 10.0 Å². The fourth-order valence-electron chi connectivity index (χ4n) is 3.76. The van der Waals surface area contributed by atoms with Crippen LogP contribution in [0, 0.1) is 5.92 Å². The first-order valence-corrected chi connectivity index (χ1v) is 9.70. The topological polar surface area (TPSA) is 86.9 Å². The number of nitrogens with zero attached hydrogens (tertiary/aromatic N) is 3. The molecule has 3 rings (SSSR count). The van der Waals surface area contributed by atoms with Gasteiger partial charge in [0, 0.05) is 6.54 Å². The van der Waals surface area contributed by atoms with Crippen molar-refractivity contribution in [3.8, 4) is 0 Å². The molecule has 1 fully saturated rings. The van der Waals surface area contributed by atoms with Gasteiger partial charge in [0.25, 0.3) is 0 Å². The zero-order valence-corrected chi connectivity index (χ0v) is 15.7. The lowest BCUT2D eigenvalue weighted by atomic mass is 9.99. The van der Waals surface area contributed by atoms with E-state index in [1.54, 1.807) is 4.90 Å². The fraction of sp³-hybridized carbons (Fsp3) is 0.550. The number of carbonyl (C=O) groups excluding carboxylic acids is 2. The molecule has 2 amide bonds. The number of unbranched alkanes of at least 4 members (excludes halogenated alkanes) is 2. The summed E-state index contributed by atoms with van der Waals surface area (Å²) in [5, 5.41) is 10.2. The highest BCUT2D eigenvalue weighted by molar-refractivity contribution is 5.80. The van der Waals surface area contributed by atoms with Crippen LogP contribution in [0.2, 0.25) is 0 Å². The number of hydrogen-bond donors (Lipinski definition) is 1. The predicted molar refractivity (Wildman–Crippen MR) is 99.9 cm³/mol. The maximum atomic E-state index is 13.2. The van der Waals surface area contributed by atoms with Gasteiger partial charge in [0.15, 0.2) is 5.58 Å². The molecule has 1 N–H and O–H groups in total. The molecule has 0 radical (unpaired) electrons. The van der Waals surface area contributed by atoms with E-state index in [1.807, 2.05) is 24.3 Å². The van der Waals surface area contributed by atoms with Crippen molar-refractivity contribution in [2.75, 3.05) is 13.1 Å². The number of fused-ring (bicyclic) bond motifs is 1. The summed E-state index contributed by atoms with van der Waals surface area (Å²) in [6.45, 7) is 2.76. The van der Waals surface area contributed by atoms with E-state index in [9.17, 15) is 14.8 Å². The number of hydrogen-bond acceptors (Lipinski definition) is 5. The van der Waals surface area contributed by atoms with E-state index in [4.69, 9.17) is 4.42 Å². The second-order valence-electron chi connectivity index (χ2n) is 7.13. The number of aromatic nitrogens is 1. The van der Waals surface area contributed by atoms with E-state index in [2.05, 4.69) is 11.9 Å². The summed E-state index contributed by atoms with van der Waals surface area (Å²) in [6, 6.07) is 7.37. The zero-order valence-electron chi connectivity index (χ0n) is 15.7. The van der Waals surface area contributed by atoms with Crippen LogP contribution in [-0.2, 0) is 9.59 Å². The third kappa shape index (κ3) is 4.47. The summed E-state index contributed by atoms with van der Waals surface area (Å²) in [5.41, 5.74) is 1.50. The summed E-state index contributed by atoms with van der Waals surface area (Å²) in [6.07, 6.45) is 5.64. The third-order valence-corrected chi connectivity index (χ3v) is 5.17. The average Bonchev–Trinajstić information content (AvgIpc) is 3.32. The van der Waals surface area contributed by atoms with Crippen LogP contribution in [0.25, 0.3) is 11.1 Å². The predicted octanol–water partition coefficient (Wildman–Crippen LogP) is 3.54. The number of oxazole rings is 1. The number of hydroxylamine groups is 2. The Morgan fingerprint density at radius 3 is 3.00 bits per heavy atom. The largest absolute Gasteiger partial charge is 0.438 e. The van der Waals surface area contributed by atoms with Crippen LogP contribution in [0.4, 0.5) is 0 Å². The Kier molecular flexibility index (Phi) is 6.45. The first-order chi connectivity index (χ1) is 13.1. The van der Waals surface area contributed by atoms with Gasteiger partial charge in [-0.1, -0.05) is 38.3 Å². The van der Waals surface area contributed by atoms with Gasteiger partial charge >= 0.3 is 0 Å². The minimum Gasteiger partial charge on any atom is -0.438 e. The van der Waals surface area contributed by atoms with E-state index < -0.39 is 5.92 Å². The van der Waals surface area contributed by atoms with Crippen LogP contribution in [-0.4, -0.2) is 45.6 Å². The molecular weight excluding hydrogens is 346 g/mol. The Morgan fingerprint density at radius 1 is 1.44 bits per heavy atom. The lowest BCUT2D eigenvalue weighted by Gasteiger charge is -2.28. The van der Waals surface area contributed by atoms with E-state index >= 15 is 0 Å². The molecule has 1 aromatic heterocycles. The Balaban J connectivity index is 1.77. The molecule has 0 spiro atoms. The minimum absolute atomic E-state index is 0.0167. The van der Waals surface area contributed by atoms with E-state index in [-0.39, 0.29) is 18.5 Å². The number of para-hydroxylation sites is 2. The van der Waals surface area contributed by atoms with Gasteiger partial charge in [-0.05, 0) is 31.4 Å². The molecular formula is C20H27N3O4. The van der Waals surface area contributed by atoms with Crippen LogP contribution in [0.3, 0.4) is 0 Å². The second-order valence-corrected chi connectivity index (χ2v) is 7.13. The second kappa shape index (κ2) is 8.99. The quantitative estimate of drug-likeness (QED) is 0.314. The molecule has 2 heterocycles. The molecule has 2 unspecified atom stereocenters. The third-order valence-electron chi connectivity index (χ3n) is 5.17. The van der Waals surface area contributed by atoms with E-state index in [1.165, 1.54) is 0 Å². The van der Waals surface area contributed by atoms with Crippen molar-refractivity contribution < 1.29 is 19.2 Å². The van der Waals surface area contributed by atoms with Crippen LogP contribution in [0.15, 0.2) is 28.7 Å². The normalized spacial score (nSPS) is 18.0. The molecule has 146 valence electrons. The molecule has 1 saturated heterocycles. The molecule has 2 atom stereocenters. The van der Waals surface area contributed by atoms with Gasteiger partial charge in [-0.3, -0.25) is 14.8 Å². The summed E-state index contributed by atoms with van der Waals surface area (Å²) in [4.78, 5) is 30.4. The molecule has 27 heavy (non-hydrogen) atoms. The van der Waals surface area contributed by atoms with E-state index in [0.717, 1.165) is 37.6 Å².